The van der Waals surface area contributed by atoms with Crippen molar-refractivity contribution in [3.8, 4) is 0 Å². The van der Waals surface area contributed by atoms with E-state index < -0.39 is 85.5 Å². The Labute approximate surface area is 409 Å². The summed E-state index contributed by atoms with van der Waals surface area (Å²) in [5.41, 5.74) is 0. The monoisotopic (exact) mass is 1000 g/mol. The number of aliphatic hydroxyl groups is 3. The molecule has 68 heavy (non-hydrogen) atoms. The highest BCUT2D eigenvalue weighted by Gasteiger charge is 2.28. The molecule has 0 saturated heterocycles. The van der Waals surface area contributed by atoms with Crippen molar-refractivity contribution in [3.63, 3.8) is 0 Å². The molecular formula is C51H90O15P2. The van der Waals surface area contributed by atoms with Crippen LogP contribution in [-0.4, -0.2) is 95.0 Å². The van der Waals surface area contributed by atoms with Gasteiger partial charge < -0.3 is 34.6 Å². The van der Waals surface area contributed by atoms with Gasteiger partial charge in [-0.3, -0.25) is 27.7 Å². The van der Waals surface area contributed by atoms with E-state index in [9.17, 15) is 43.8 Å². The number of hydrogen-bond acceptors (Lipinski definition) is 13. The van der Waals surface area contributed by atoms with E-state index in [4.69, 9.17) is 14.0 Å². The number of allylic oxidation sites excluding steroid dienone is 12. The van der Waals surface area contributed by atoms with Crippen molar-refractivity contribution in [1.82, 2.24) is 0 Å². The first-order valence-electron chi connectivity index (χ1n) is 25.3. The van der Waals surface area contributed by atoms with E-state index in [1.165, 1.54) is 44.9 Å². The van der Waals surface area contributed by atoms with Gasteiger partial charge in [-0.1, -0.05) is 170 Å². The summed E-state index contributed by atoms with van der Waals surface area (Å²) in [5, 5.41) is 30.1. The molecule has 0 rings (SSSR count). The predicted molar refractivity (Wildman–Crippen MR) is 270 cm³/mol. The van der Waals surface area contributed by atoms with E-state index >= 15 is 0 Å². The van der Waals surface area contributed by atoms with E-state index in [1.807, 2.05) is 18.2 Å². The van der Waals surface area contributed by atoms with Crippen molar-refractivity contribution < 1.29 is 71.4 Å². The van der Waals surface area contributed by atoms with Gasteiger partial charge in [0.2, 0.25) is 0 Å². The number of unbranched alkanes of at least 4 members (excludes halogenated alkanes) is 18. The molecule has 5 unspecified atom stereocenters. The quantitative estimate of drug-likeness (QED) is 0.0126. The van der Waals surface area contributed by atoms with Crippen LogP contribution in [0.5, 0.6) is 0 Å². The number of carbonyl (C=O) groups is 2. The summed E-state index contributed by atoms with van der Waals surface area (Å²) >= 11 is 0. The van der Waals surface area contributed by atoms with Gasteiger partial charge in [0.1, 0.15) is 31.5 Å². The van der Waals surface area contributed by atoms with Gasteiger partial charge in [-0.05, 0) is 70.6 Å². The van der Waals surface area contributed by atoms with Crippen LogP contribution in [0.4, 0.5) is 0 Å². The molecule has 0 saturated carbocycles. The fraction of sp³-hybridized carbons (Fsp3) is 0.725. The first-order valence-corrected chi connectivity index (χ1v) is 28.3. The zero-order chi connectivity index (χ0) is 50.2. The first kappa shape index (κ1) is 65.5. The number of aliphatic hydroxyl groups excluding tert-OH is 3. The van der Waals surface area contributed by atoms with Crippen molar-refractivity contribution in [2.45, 2.75) is 199 Å². The van der Waals surface area contributed by atoms with Crippen LogP contribution in [0.2, 0.25) is 0 Å². The molecule has 0 spiro atoms. The number of ether oxygens (including phenoxy) is 2. The van der Waals surface area contributed by atoms with E-state index in [-0.39, 0.29) is 12.8 Å². The van der Waals surface area contributed by atoms with Gasteiger partial charge in [0.25, 0.3) is 0 Å². The number of phosphoric acid groups is 2. The van der Waals surface area contributed by atoms with E-state index in [0.29, 0.717) is 12.8 Å². The predicted octanol–water partition coefficient (Wildman–Crippen LogP) is 11.9. The van der Waals surface area contributed by atoms with Crippen LogP contribution < -0.4 is 0 Å². The van der Waals surface area contributed by atoms with Crippen molar-refractivity contribution in [2.24, 2.45) is 0 Å². The van der Waals surface area contributed by atoms with E-state index in [0.717, 1.165) is 96.3 Å². The smallest absolute Gasteiger partial charge is 0.463 e. The van der Waals surface area contributed by atoms with Crippen molar-refractivity contribution in [1.29, 1.82) is 0 Å². The number of carbonyl (C=O) groups excluding carboxylic acids is 2. The zero-order valence-corrected chi connectivity index (χ0v) is 43.3. The number of rotatable bonds is 48. The van der Waals surface area contributed by atoms with Crippen LogP contribution in [0.3, 0.4) is 0 Å². The molecule has 0 aliphatic rings. The topological polar surface area (TPSA) is 225 Å². The molecule has 0 aromatic carbocycles. The van der Waals surface area contributed by atoms with Crippen LogP contribution in [-0.2, 0) is 46.3 Å². The molecule has 0 heterocycles. The third-order valence-corrected chi connectivity index (χ3v) is 12.1. The molecule has 0 aliphatic carbocycles. The lowest BCUT2D eigenvalue weighted by Gasteiger charge is -2.19. The number of phosphoric ester groups is 2. The minimum atomic E-state index is -4.79. The van der Waals surface area contributed by atoms with Gasteiger partial charge in [-0.2, -0.15) is 0 Å². The SMILES string of the molecule is CC/C=C/C=C/C=C/CCCCCCCCCC(=O)OCC(O)COP(=O)(O)OCC(O)COP(=O)(O)OCC(O)COC(=O)CCCCCCCCCC/C=C\C/C=C\C/C=C\CCCCC. The molecule has 5 N–H and O–H groups in total. The average Bonchev–Trinajstić information content (AvgIpc) is 3.31. The fourth-order valence-electron chi connectivity index (χ4n) is 6.28. The summed E-state index contributed by atoms with van der Waals surface area (Å²) in [6.45, 7) is 0.238. The molecule has 0 radical (unpaired) electrons. The van der Waals surface area contributed by atoms with Crippen LogP contribution >= 0.6 is 15.6 Å². The van der Waals surface area contributed by atoms with Gasteiger partial charge >= 0.3 is 27.6 Å². The van der Waals surface area contributed by atoms with Crippen molar-refractivity contribution in [3.05, 3.63) is 72.9 Å². The molecule has 0 amide bonds. The molecule has 17 heteroatoms. The molecule has 0 bridgehead atoms. The van der Waals surface area contributed by atoms with Crippen LogP contribution in [0.25, 0.3) is 0 Å². The summed E-state index contributed by atoms with van der Waals surface area (Å²) < 4.78 is 53.0. The average molecular weight is 1010 g/mol. The maximum absolute atomic E-state index is 12.2. The van der Waals surface area contributed by atoms with Crippen molar-refractivity contribution in [2.75, 3.05) is 39.6 Å². The summed E-state index contributed by atoms with van der Waals surface area (Å²) in [6.07, 6.45) is 47.4. The normalized spacial score (nSPS) is 15.6. The number of hydrogen-bond donors (Lipinski definition) is 5. The van der Waals surface area contributed by atoms with Gasteiger partial charge in [0.15, 0.2) is 0 Å². The lowest BCUT2D eigenvalue weighted by atomic mass is 10.1. The molecule has 0 aliphatic heterocycles. The Morgan fingerprint density at radius 3 is 1.13 bits per heavy atom. The largest absolute Gasteiger partial charge is 0.472 e. The standard InChI is InChI=1S/C51H90O15P2/c1-3-5-7-9-11-13-15-17-19-20-21-22-23-24-26-28-30-32-34-36-38-40-51(56)62-42-48(53)44-64-68(59,60)66-46-49(54)45-65-67(57,58)63-43-47(52)41-61-50(55)39-37-35-33-31-29-27-25-18-16-14-12-10-8-6-4-2/h6,8,10-14,16-17,19,21-22,47-49,52-54H,3-5,7,9,15,18,20,23-46H2,1-2H3,(H,57,58)(H,59,60)/b8-6+,12-10+,13-11-,16-14+,19-17-,22-21-. The molecule has 5 atom stereocenters. The molecule has 0 aromatic heterocycles. The maximum atomic E-state index is 12.2. The third-order valence-electron chi connectivity index (χ3n) is 10.2. The van der Waals surface area contributed by atoms with E-state index in [2.05, 4.69) is 82.1 Å². The highest BCUT2D eigenvalue weighted by Crippen LogP contribution is 2.45. The lowest BCUT2D eigenvalue weighted by Crippen LogP contribution is -2.25. The van der Waals surface area contributed by atoms with Gasteiger partial charge in [0, 0.05) is 12.8 Å². The second kappa shape index (κ2) is 46.8. The Morgan fingerprint density at radius 2 is 0.735 bits per heavy atom. The highest BCUT2D eigenvalue weighted by atomic mass is 31.2. The van der Waals surface area contributed by atoms with Gasteiger partial charge in [-0.15, -0.1) is 0 Å². The molecule has 0 fully saturated rings. The second-order valence-corrected chi connectivity index (χ2v) is 19.8. The molecular weight excluding hydrogens is 914 g/mol. The van der Waals surface area contributed by atoms with Crippen molar-refractivity contribution >= 4 is 27.6 Å². The Hall–Kier alpha value is -2.52. The first-order chi connectivity index (χ1) is 32.8. The third kappa shape index (κ3) is 48.5. The minimum absolute atomic E-state index is 0.180. The van der Waals surface area contributed by atoms with Crippen LogP contribution in [0, 0.1) is 0 Å². The Kier molecular flexibility index (Phi) is 45.1. The van der Waals surface area contributed by atoms with E-state index in [1.54, 1.807) is 0 Å². The zero-order valence-electron chi connectivity index (χ0n) is 41.5. The van der Waals surface area contributed by atoms with Gasteiger partial charge in [0.05, 0.1) is 26.4 Å². The summed E-state index contributed by atoms with van der Waals surface area (Å²) in [4.78, 5) is 43.8. The van der Waals surface area contributed by atoms with Crippen LogP contribution in [0.15, 0.2) is 72.9 Å². The molecule has 0 aromatic rings. The summed E-state index contributed by atoms with van der Waals surface area (Å²) in [7, 11) is -9.59. The minimum Gasteiger partial charge on any atom is -0.463 e. The maximum Gasteiger partial charge on any atom is 0.472 e. The lowest BCUT2D eigenvalue weighted by molar-refractivity contribution is -0.148. The Balaban J connectivity index is 3.88. The number of esters is 2. The summed E-state index contributed by atoms with van der Waals surface area (Å²) in [6, 6.07) is 0. The molecule has 394 valence electrons. The Bertz CT molecular complexity index is 1500. The highest BCUT2D eigenvalue weighted by molar-refractivity contribution is 7.47. The second-order valence-electron chi connectivity index (χ2n) is 16.9. The fourth-order valence-corrected chi connectivity index (χ4v) is 7.87. The Morgan fingerprint density at radius 1 is 0.412 bits per heavy atom. The van der Waals surface area contributed by atoms with Crippen LogP contribution in [0.1, 0.15) is 181 Å². The molecule has 15 nitrogen and oxygen atoms in total. The summed E-state index contributed by atoms with van der Waals surface area (Å²) in [5.74, 6) is -1.02. The van der Waals surface area contributed by atoms with Gasteiger partial charge in [-0.25, -0.2) is 9.13 Å².